The van der Waals surface area contributed by atoms with Gasteiger partial charge < -0.3 is 56.8 Å². The molecule has 6 aliphatic heterocycles. The third-order valence-electron chi connectivity index (χ3n) is 14.8. The molecule has 0 amide bonds. The predicted molar refractivity (Wildman–Crippen MR) is 231 cm³/mol. The van der Waals surface area contributed by atoms with Crippen molar-refractivity contribution in [1.29, 1.82) is 0 Å². The van der Waals surface area contributed by atoms with Gasteiger partial charge in [0.1, 0.15) is 45.1 Å². The molecule has 33 heteroatoms. The summed E-state index contributed by atoms with van der Waals surface area (Å²) in [5, 5.41) is 0. The van der Waals surface area contributed by atoms with E-state index in [4.69, 9.17) is 68.1 Å². The average molecular weight is 1100 g/mol. The molecule has 4 spiro atoms. The summed E-state index contributed by atoms with van der Waals surface area (Å²) in [5.74, 6) is -8.73. The Kier molecular flexibility index (Phi) is 14.1. The molecule has 71 heavy (non-hydrogen) atoms. The SMILES string of the molecule is CC(C)(C)[C@]1(OS(=O)(=O)CCN)C[C@@H]2OC(=O)C[C@@]23C(=O)OC2OC(=O)[C@H](OS(=O)(=O)CCN)C213.CC(C)(C)[C@]1(OS(=O)(=O)CCN)C[C@@H]2OC(=O)C[C@@]23C(=O)OC2OC(=O)[C@H](OS(=O)(=O)CCN)C213.O. The lowest BCUT2D eigenvalue weighted by atomic mass is 9.52. The molecule has 29 nitrogen and oxygen atoms in total. The van der Waals surface area contributed by atoms with Gasteiger partial charge in [-0.3, -0.25) is 35.9 Å². The second-order valence-corrected chi connectivity index (χ2v) is 27.0. The Bertz CT molecular complexity index is 2540. The van der Waals surface area contributed by atoms with Gasteiger partial charge in [-0.25, -0.2) is 9.59 Å². The van der Waals surface area contributed by atoms with Crippen LogP contribution in [0.15, 0.2) is 0 Å². The summed E-state index contributed by atoms with van der Waals surface area (Å²) in [6.07, 6.45) is -12.5. The van der Waals surface area contributed by atoms with E-state index in [1.54, 1.807) is 41.5 Å². The van der Waals surface area contributed by atoms with E-state index in [1.165, 1.54) is 0 Å². The maximum Gasteiger partial charge on any atom is 0.340 e. The fraction of sp³-hybridized carbons (Fsp3) is 0.842. The number of hydrogen-bond donors (Lipinski definition) is 4. The van der Waals surface area contributed by atoms with E-state index in [1.807, 2.05) is 0 Å². The summed E-state index contributed by atoms with van der Waals surface area (Å²) in [7, 11) is -17.8. The van der Waals surface area contributed by atoms with Gasteiger partial charge in [-0.2, -0.15) is 33.7 Å². The van der Waals surface area contributed by atoms with Crippen LogP contribution in [0, 0.1) is 32.5 Å². The summed E-state index contributed by atoms with van der Waals surface area (Å²) in [6, 6.07) is 0. The number of ether oxygens (including phenoxy) is 6. The first kappa shape index (κ1) is 56.6. The lowest BCUT2D eigenvalue weighted by molar-refractivity contribution is -0.208. The van der Waals surface area contributed by atoms with Crippen molar-refractivity contribution in [1.82, 2.24) is 0 Å². The highest BCUT2D eigenvalue weighted by Crippen LogP contribution is 2.79. The maximum atomic E-state index is 13.4. The Morgan fingerprint density at radius 1 is 0.493 bits per heavy atom. The normalized spacial score (nSPS) is 38.0. The maximum absolute atomic E-state index is 13.4. The number of carbonyl (C=O) groups excluding carboxylic acids is 6. The van der Waals surface area contributed by atoms with Crippen LogP contribution in [-0.4, -0.2) is 172 Å². The highest BCUT2D eigenvalue weighted by atomic mass is 32.2. The molecule has 0 bridgehead atoms. The molecule has 6 heterocycles. The van der Waals surface area contributed by atoms with E-state index >= 15 is 0 Å². The minimum atomic E-state index is -4.49. The molecule has 2 saturated carbocycles. The van der Waals surface area contributed by atoms with Gasteiger partial charge in [-0.1, -0.05) is 41.5 Å². The largest absolute Gasteiger partial charge is 0.461 e. The Morgan fingerprint density at radius 3 is 1.07 bits per heavy atom. The number of hydrogen-bond acceptors (Lipinski definition) is 28. The van der Waals surface area contributed by atoms with Crippen LogP contribution < -0.4 is 22.9 Å². The van der Waals surface area contributed by atoms with Crippen molar-refractivity contribution in [3.8, 4) is 0 Å². The van der Waals surface area contributed by atoms with Crippen LogP contribution in [0.4, 0.5) is 0 Å². The van der Waals surface area contributed by atoms with Crippen molar-refractivity contribution < 1.29 is 113 Å². The summed E-state index contributed by atoms with van der Waals surface area (Å²) >= 11 is 0. The zero-order valence-electron chi connectivity index (χ0n) is 39.2. The highest BCUT2D eigenvalue weighted by Gasteiger charge is 2.96. The van der Waals surface area contributed by atoms with Crippen molar-refractivity contribution in [2.75, 3.05) is 49.2 Å². The van der Waals surface area contributed by atoms with Crippen LogP contribution in [0.5, 0.6) is 0 Å². The molecule has 4 unspecified atom stereocenters. The van der Waals surface area contributed by atoms with E-state index in [9.17, 15) is 62.4 Å². The van der Waals surface area contributed by atoms with Gasteiger partial charge >= 0.3 is 35.8 Å². The summed E-state index contributed by atoms with van der Waals surface area (Å²) in [6.45, 7) is 8.13. The smallest absolute Gasteiger partial charge is 0.340 e. The average Bonchev–Trinajstić information content (AvgIpc) is 4.02. The van der Waals surface area contributed by atoms with Gasteiger partial charge in [-0.05, 0) is 10.8 Å². The van der Waals surface area contributed by atoms with Gasteiger partial charge in [0.2, 0.25) is 0 Å². The van der Waals surface area contributed by atoms with Gasteiger partial charge in [-0.15, -0.1) is 0 Å². The molecule has 0 radical (unpaired) electrons. The summed E-state index contributed by atoms with van der Waals surface area (Å²) in [5.41, 5.74) is 6.52. The third kappa shape index (κ3) is 7.72. The topological polar surface area (TPSA) is 467 Å². The quantitative estimate of drug-likeness (QED) is 0.0638. The molecular weight excluding hydrogens is 1040 g/mol. The zero-order valence-corrected chi connectivity index (χ0v) is 42.5. The van der Waals surface area contributed by atoms with E-state index < -0.39 is 193 Å². The van der Waals surface area contributed by atoms with Crippen molar-refractivity contribution >= 4 is 76.3 Å². The van der Waals surface area contributed by atoms with Gasteiger partial charge in [0.05, 0.1) is 35.9 Å². The first-order valence-electron chi connectivity index (χ1n) is 21.8. The molecule has 404 valence electrons. The molecule has 6 saturated heterocycles. The van der Waals surface area contributed by atoms with Crippen LogP contribution in [0.2, 0.25) is 0 Å². The summed E-state index contributed by atoms with van der Waals surface area (Å²) < 4.78 is 157. The van der Waals surface area contributed by atoms with Gasteiger partial charge in [0.25, 0.3) is 53.1 Å². The molecule has 10 N–H and O–H groups in total. The minimum absolute atomic E-state index is 0. The molecular formula is C38H58N4O25S4. The van der Waals surface area contributed by atoms with Crippen LogP contribution in [0.3, 0.4) is 0 Å². The molecule has 2 aliphatic carbocycles. The number of carbonyl (C=O) groups is 6. The van der Waals surface area contributed by atoms with E-state index in [0.717, 1.165) is 0 Å². The highest BCUT2D eigenvalue weighted by molar-refractivity contribution is 7.87. The van der Waals surface area contributed by atoms with Crippen LogP contribution in [0.25, 0.3) is 0 Å². The van der Waals surface area contributed by atoms with E-state index in [2.05, 4.69) is 0 Å². The van der Waals surface area contributed by atoms with Crippen molar-refractivity contribution in [2.45, 2.75) is 115 Å². The number of nitrogens with two attached hydrogens (primary N) is 4. The molecule has 8 fully saturated rings. The molecule has 8 rings (SSSR count). The zero-order chi connectivity index (χ0) is 52.5. The van der Waals surface area contributed by atoms with Crippen molar-refractivity contribution in [3.63, 3.8) is 0 Å². The molecule has 0 aromatic rings. The summed E-state index contributed by atoms with van der Waals surface area (Å²) in [4.78, 5) is 77.8. The van der Waals surface area contributed by atoms with E-state index in [-0.39, 0.29) is 44.5 Å². The standard InChI is InChI=1S/2C19H28N2O12S2.H2O/c2*1-16(2,3)18(33-35(27,28)7-5-21)8-10-17(9-11(22)29-10)14(24)31-15-19(17,18)12(13(23)30-15)32-34(25,26)6-4-20;/h2*10,12,15H,4-9,20-21H2,1-3H3;1H2/t2*10-,12-,15?,17-,18+,19?;/m00./s1. The monoisotopic (exact) mass is 1100 g/mol. The van der Waals surface area contributed by atoms with Crippen molar-refractivity contribution in [2.24, 2.45) is 55.4 Å². The van der Waals surface area contributed by atoms with Gasteiger partial charge in [0, 0.05) is 39.0 Å². The van der Waals surface area contributed by atoms with Crippen LogP contribution in [0.1, 0.15) is 67.2 Å². The van der Waals surface area contributed by atoms with Gasteiger partial charge in [0.15, 0.2) is 12.2 Å². The Morgan fingerprint density at radius 2 is 0.789 bits per heavy atom. The fourth-order valence-electron chi connectivity index (χ4n) is 12.4. The lowest BCUT2D eigenvalue weighted by Crippen LogP contribution is -2.67. The minimum Gasteiger partial charge on any atom is -0.461 e. The Hall–Kier alpha value is -3.74. The first-order valence-corrected chi connectivity index (χ1v) is 28.1. The Balaban J connectivity index is 0.000000229. The second kappa shape index (κ2) is 17.7. The Labute approximate surface area is 407 Å². The van der Waals surface area contributed by atoms with Crippen LogP contribution >= 0.6 is 0 Å². The van der Waals surface area contributed by atoms with Crippen molar-refractivity contribution in [3.05, 3.63) is 0 Å². The second-order valence-electron chi connectivity index (χ2n) is 20.2. The molecule has 12 atom stereocenters. The van der Waals surface area contributed by atoms with Crippen LogP contribution in [-0.2, 0) is 114 Å². The molecule has 8 aliphatic rings. The third-order valence-corrected chi connectivity index (χ3v) is 19.8. The molecule has 0 aromatic heterocycles. The first-order chi connectivity index (χ1) is 32.1. The lowest BCUT2D eigenvalue weighted by Gasteiger charge is -2.52. The van der Waals surface area contributed by atoms with E-state index in [0.29, 0.717) is 0 Å². The number of esters is 6. The number of rotatable bonds is 16. The molecule has 0 aromatic carbocycles. The predicted octanol–water partition coefficient (Wildman–Crippen LogP) is -5.06. The fourth-order valence-corrected chi connectivity index (χ4v) is 16.7.